The quantitative estimate of drug-likeness (QED) is 0.263. The molecule has 0 aliphatic carbocycles. The molecule has 43 heavy (non-hydrogen) atoms. The summed E-state index contributed by atoms with van der Waals surface area (Å²) >= 11 is 1.73. The highest BCUT2D eigenvalue weighted by Gasteiger charge is 2.26. The number of carbonyl (C=O) groups excluding carboxylic acids is 1. The first kappa shape index (κ1) is 29.9. The van der Waals surface area contributed by atoms with Gasteiger partial charge in [0.1, 0.15) is 0 Å². The van der Waals surface area contributed by atoms with Gasteiger partial charge >= 0.3 is 5.97 Å². The molecule has 2 aliphatic rings. The van der Waals surface area contributed by atoms with Crippen LogP contribution in [-0.2, 0) is 26.1 Å². The third-order valence-electron chi connectivity index (χ3n) is 8.14. The fourth-order valence-electron chi connectivity index (χ4n) is 5.84. The summed E-state index contributed by atoms with van der Waals surface area (Å²) in [6, 6.07) is 8.20. The van der Waals surface area contributed by atoms with Crippen LogP contribution < -0.4 is 4.90 Å². The van der Waals surface area contributed by atoms with Gasteiger partial charge in [0.05, 0.1) is 34.8 Å². The summed E-state index contributed by atoms with van der Waals surface area (Å²) in [5.41, 5.74) is 2.81. The Balaban J connectivity index is 1.24. The summed E-state index contributed by atoms with van der Waals surface area (Å²) in [7, 11) is -3.16. The number of hydrogen-bond donors (Lipinski definition) is 1. The number of H-pyrrole nitrogens is 1. The van der Waals surface area contributed by atoms with Crippen LogP contribution in [0.2, 0.25) is 0 Å². The number of thiophene rings is 1. The molecule has 2 aliphatic heterocycles. The van der Waals surface area contributed by atoms with E-state index in [1.807, 2.05) is 31.3 Å². The second-order valence-corrected chi connectivity index (χ2v) is 14.2. The SMILES string of the molecule is CCOC(=O)CCCN1CCN(c2nc(-c3cccc4[nH]ncc34)nc3cc(CN4CCN(S(C)(=O)=O)CC4)sc23)CC1. The lowest BCUT2D eigenvalue weighted by atomic mass is 10.1. The van der Waals surface area contributed by atoms with Gasteiger partial charge in [-0.2, -0.15) is 9.40 Å². The van der Waals surface area contributed by atoms with E-state index in [0.717, 1.165) is 78.2 Å². The Morgan fingerprint density at radius 1 is 1.05 bits per heavy atom. The Morgan fingerprint density at radius 2 is 1.81 bits per heavy atom. The van der Waals surface area contributed by atoms with Gasteiger partial charge in [0.15, 0.2) is 11.6 Å². The van der Waals surface area contributed by atoms with E-state index in [1.54, 1.807) is 15.6 Å². The zero-order valence-electron chi connectivity index (χ0n) is 24.7. The van der Waals surface area contributed by atoms with E-state index in [2.05, 4.69) is 31.0 Å². The average Bonchev–Trinajstić information content (AvgIpc) is 3.64. The van der Waals surface area contributed by atoms with Crippen molar-refractivity contribution in [2.75, 3.05) is 76.7 Å². The number of sulfonamides is 1. The van der Waals surface area contributed by atoms with Gasteiger partial charge in [-0.15, -0.1) is 11.3 Å². The topological polar surface area (TPSA) is 128 Å². The van der Waals surface area contributed by atoms with E-state index >= 15 is 0 Å². The second kappa shape index (κ2) is 12.8. The van der Waals surface area contributed by atoms with Crippen LogP contribution in [0.5, 0.6) is 0 Å². The van der Waals surface area contributed by atoms with Gasteiger partial charge in [-0.1, -0.05) is 12.1 Å². The third-order valence-corrected chi connectivity index (χ3v) is 10.6. The number of nitrogens with one attached hydrogen (secondary N) is 1. The smallest absolute Gasteiger partial charge is 0.305 e. The number of anilines is 1. The van der Waals surface area contributed by atoms with E-state index in [4.69, 9.17) is 14.7 Å². The lowest BCUT2D eigenvalue weighted by Crippen LogP contribution is -2.47. The van der Waals surface area contributed by atoms with Crippen molar-refractivity contribution in [3.63, 3.8) is 0 Å². The van der Waals surface area contributed by atoms with Gasteiger partial charge in [0.2, 0.25) is 10.0 Å². The monoisotopic (exact) mass is 626 g/mol. The molecule has 2 fully saturated rings. The molecule has 6 rings (SSSR count). The Kier molecular flexibility index (Phi) is 8.91. The first-order valence-corrected chi connectivity index (χ1v) is 17.5. The van der Waals surface area contributed by atoms with Gasteiger partial charge in [0.25, 0.3) is 0 Å². The molecule has 2 saturated heterocycles. The number of esters is 1. The summed E-state index contributed by atoms with van der Waals surface area (Å²) in [4.78, 5) is 30.2. The molecule has 0 radical (unpaired) electrons. The number of carbonyl (C=O) groups is 1. The molecule has 1 aromatic carbocycles. The average molecular weight is 627 g/mol. The molecule has 14 heteroatoms. The molecule has 1 N–H and O–H groups in total. The number of nitrogens with zero attached hydrogens (tertiary/aromatic N) is 7. The Hall–Kier alpha value is -3.17. The maximum absolute atomic E-state index is 12.0. The number of hydrogen-bond acceptors (Lipinski definition) is 11. The molecular weight excluding hydrogens is 589 g/mol. The van der Waals surface area contributed by atoms with Crippen molar-refractivity contribution in [3.8, 4) is 11.4 Å². The summed E-state index contributed by atoms with van der Waals surface area (Å²) in [5.74, 6) is 1.50. The van der Waals surface area contributed by atoms with Gasteiger partial charge in [-0.05, 0) is 32.0 Å². The van der Waals surface area contributed by atoms with Crippen molar-refractivity contribution in [2.45, 2.75) is 26.3 Å². The van der Waals surface area contributed by atoms with E-state index in [0.29, 0.717) is 45.0 Å². The predicted molar refractivity (Wildman–Crippen MR) is 169 cm³/mol. The highest BCUT2D eigenvalue weighted by molar-refractivity contribution is 7.88. The second-order valence-electron chi connectivity index (χ2n) is 11.1. The van der Waals surface area contributed by atoms with Crippen LogP contribution in [0, 0.1) is 0 Å². The van der Waals surface area contributed by atoms with Crippen molar-refractivity contribution in [3.05, 3.63) is 35.3 Å². The van der Waals surface area contributed by atoms with Crippen molar-refractivity contribution in [1.82, 2.24) is 34.3 Å². The predicted octanol–water partition coefficient (Wildman–Crippen LogP) is 2.78. The molecule has 3 aromatic heterocycles. The molecule has 5 heterocycles. The first-order valence-electron chi connectivity index (χ1n) is 14.8. The zero-order valence-corrected chi connectivity index (χ0v) is 26.3. The summed E-state index contributed by atoms with van der Waals surface area (Å²) in [6.45, 7) is 9.75. The number of aromatic nitrogens is 4. The maximum Gasteiger partial charge on any atom is 0.305 e. The number of fused-ring (bicyclic) bond motifs is 2. The molecular formula is C29H38N8O4S2. The van der Waals surface area contributed by atoms with Crippen molar-refractivity contribution < 1.29 is 17.9 Å². The highest BCUT2D eigenvalue weighted by Crippen LogP contribution is 2.36. The van der Waals surface area contributed by atoms with Crippen molar-refractivity contribution >= 4 is 54.3 Å². The molecule has 12 nitrogen and oxygen atoms in total. The summed E-state index contributed by atoms with van der Waals surface area (Å²) < 4.78 is 31.6. The molecule has 0 unspecified atom stereocenters. The van der Waals surface area contributed by atoms with E-state index < -0.39 is 10.0 Å². The maximum atomic E-state index is 12.0. The van der Waals surface area contributed by atoms with Crippen LogP contribution in [0.1, 0.15) is 24.6 Å². The summed E-state index contributed by atoms with van der Waals surface area (Å²) in [6.07, 6.45) is 4.34. The van der Waals surface area contributed by atoms with Crippen LogP contribution in [0.3, 0.4) is 0 Å². The molecule has 0 spiro atoms. The molecule has 0 amide bonds. The molecule has 4 aromatic rings. The van der Waals surface area contributed by atoms with E-state index in [9.17, 15) is 13.2 Å². The van der Waals surface area contributed by atoms with Crippen LogP contribution in [0.4, 0.5) is 5.82 Å². The highest BCUT2D eigenvalue weighted by atomic mass is 32.2. The molecule has 230 valence electrons. The van der Waals surface area contributed by atoms with E-state index in [1.165, 1.54) is 11.1 Å². The molecule has 0 saturated carbocycles. The van der Waals surface area contributed by atoms with Gasteiger partial charge < -0.3 is 9.64 Å². The lowest BCUT2D eigenvalue weighted by molar-refractivity contribution is -0.143. The van der Waals surface area contributed by atoms with Crippen molar-refractivity contribution in [2.24, 2.45) is 0 Å². The van der Waals surface area contributed by atoms with Crippen LogP contribution >= 0.6 is 11.3 Å². The number of rotatable bonds is 10. The minimum absolute atomic E-state index is 0.129. The number of aromatic amines is 1. The minimum atomic E-state index is -3.16. The fourth-order valence-corrected chi connectivity index (χ4v) is 7.82. The number of piperazine rings is 2. The van der Waals surface area contributed by atoms with Crippen LogP contribution in [0.25, 0.3) is 32.5 Å². The van der Waals surface area contributed by atoms with Crippen LogP contribution in [0.15, 0.2) is 30.5 Å². The third kappa shape index (κ3) is 6.83. The Morgan fingerprint density at radius 3 is 2.56 bits per heavy atom. The summed E-state index contributed by atoms with van der Waals surface area (Å²) in [5, 5.41) is 8.27. The zero-order chi connectivity index (χ0) is 30.0. The van der Waals surface area contributed by atoms with Crippen molar-refractivity contribution in [1.29, 1.82) is 0 Å². The number of benzene rings is 1. The first-order chi connectivity index (χ1) is 20.8. The van der Waals surface area contributed by atoms with Gasteiger partial charge in [0, 0.05) is 81.2 Å². The van der Waals surface area contributed by atoms with Gasteiger partial charge in [-0.3, -0.25) is 19.7 Å². The fraction of sp³-hybridized carbons (Fsp3) is 0.517. The van der Waals surface area contributed by atoms with E-state index in [-0.39, 0.29) is 5.97 Å². The standard InChI is InChI=1S/C29H38N8O4S2/c1-3-41-26(38)8-5-9-34-10-14-36(15-11-34)29-27-25(31-28(32-29)22-6-4-7-24-23(22)19-30-33-24)18-21(42-27)20-35-12-16-37(17-13-35)43(2,39)40/h4,6-7,18-19H,3,5,8-17,20H2,1-2H3,(H,30,33). The lowest BCUT2D eigenvalue weighted by Gasteiger charge is -2.35. The van der Waals surface area contributed by atoms with Gasteiger partial charge in [-0.25, -0.2) is 18.4 Å². The Labute approximate surface area is 255 Å². The minimum Gasteiger partial charge on any atom is -0.466 e. The largest absolute Gasteiger partial charge is 0.466 e. The van der Waals surface area contributed by atoms with Crippen LogP contribution in [-0.4, -0.2) is 120 Å². The number of ether oxygens (including phenoxy) is 1. The normalized spacial score (nSPS) is 17.7. The molecule has 0 bridgehead atoms. The Bertz CT molecular complexity index is 1690. The molecule has 0 atom stereocenters.